The van der Waals surface area contributed by atoms with Gasteiger partial charge in [0.2, 0.25) is 0 Å². The van der Waals surface area contributed by atoms with Crippen molar-refractivity contribution in [3.63, 3.8) is 0 Å². The van der Waals surface area contributed by atoms with Gasteiger partial charge in [-0.3, -0.25) is 4.79 Å². The van der Waals surface area contributed by atoms with Crippen molar-refractivity contribution in [2.24, 2.45) is 0 Å². The van der Waals surface area contributed by atoms with E-state index in [1.807, 2.05) is 0 Å². The number of thiazole rings is 1. The van der Waals surface area contributed by atoms with Crippen LogP contribution >= 0.6 is 22.9 Å². The van der Waals surface area contributed by atoms with E-state index in [1.54, 1.807) is 10.4 Å². The van der Waals surface area contributed by atoms with Crippen LogP contribution in [-0.2, 0) is 0 Å². The van der Waals surface area contributed by atoms with E-state index in [4.69, 9.17) is 11.6 Å². The minimum Gasteiger partial charge on any atom is -0.334 e. The monoisotopic (exact) mass is 188 g/mol. The number of rotatable bonds is 1. The Bertz CT molecular complexity index is 295. The summed E-state index contributed by atoms with van der Waals surface area (Å²) in [5, 5.41) is 0.326. The molecule has 5 heteroatoms. The smallest absolute Gasteiger partial charge is 0.267 e. The first-order valence-corrected chi connectivity index (χ1v) is 4.43. The summed E-state index contributed by atoms with van der Waals surface area (Å²) in [7, 11) is 0. The van der Waals surface area contributed by atoms with Gasteiger partial charge in [-0.1, -0.05) is 11.6 Å². The molecule has 1 aliphatic heterocycles. The number of carbonyl (C=O) groups excluding carboxylic acids is 1. The number of aromatic nitrogens is 1. The van der Waals surface area contributed by atoms with Crippen LogP contribution in [0.4, 0.5) is 0 Å². The first kappa shape index (κ1) is 7.06. The van der Waals surface area contributed by atoms with Crippen LogP contribution < -0.4 is 0 Å². The Morgan fingerprint density at radius 2 is 2.45 bits per heavy atom. The molecule has 2 rings (SSSR count). The fourth-order valence-electron chi connectivity index (χ4n) is 0.768. The quantitative estimate of drug-likeness (QED) is 0.622. The Labute approximate surface area is 72.6 Å². The Kier molecular flexibility index (Phi) is 1.58. The molecule has 0 bridgehead atoms. The fourth-order valence-corrected chi connectivity index (χ4v) is 1.73. The largest absolute Gasteiger partial charge is 0.334 e. The van der Waals surface area contributed by atoms with Crippen molar-refractivity contribution in [3.8, 4) is 0 Å². The molecule has 58 valence electrons. The van der Waals surface area contributed by atoms with Gasteiger partial charge in [0.15, 0.2) is 5.15 Å². The molecule has 2 heterocycles. The highest BCUT2D eigenvalue weighted by atomic mass is 35.5. The van der Waals surface area contributed by atoms with E-state index in [0.29, 0.717) is 10.0 Å². The normalized spacial score (nSPS) is 15.2. The number of amides is 1. The van der Waals surface area contributed by atoms with Crippen LogP contribution in [0.15, 0.2) is 5.51 Å². The van der Waals surface area contributed by atoms with E-state index < -0.39 is 0 Å². The van der Waals surface area contributed by atoms with Crippen LogP contribution in [0, 0.1) is 0 Å². The standard InChI is InChI=1S/C6H5ClN2OS/c7-5-4(11-3-8-5)6(10)9-1-2-9/h3H,1-2H2. The van der Waals surface area contributed by atoms with Crippen molar-refractivity contribution in [2.45, 2.75) is 0 Å². The maximum absolute atomic E-state index is 11.3. The lowest BCUT2D eigenvalue weighted by Crippen LogP contribution is -2.08. The van der Waals surface area contributed by atoms with Gasteiger partial charge < -0.3 is 4.90 Å². The molecule has 0 unspecified atom stereocenters. The number of halogens is 1. The number of carbonyl (C=O) groups is 1. The van der Waals surface area contributed by atoms with Gasteiger partial charge in [-0.05, 0) is 0 Å². The molecular weight excluding hydrogens is 184 g/mol. The zero-order chi connectivity index (χ0) is 7.84. The second kappa shape index (κ2) is 2.46. The summed E-state index contributed by atoms with van der Waals surface area (Å²) in [5.41, 5.74) is 1.58. The lowest BCUT2D eigenvalue weighted by molar-refractivity contribution is 0.0890. The average molecular weight is 189 g/mol. The highest BCUT2D eigenvalue weighted by Crippen LogP contribution is 2.22. The van der Waals surface area contributed by atoms with Gasteiger partial charge in [-0.2, -0.15) is 0 Å². The van der Waals surface area contributed by atoms with E-state index in [-0.39, 0.29) is 5.91 Å². The van der Waals surface area contributed by atoms with Gasteiger partial charge in [0, 0.05) is 13.1 Å². The second-order valence-electron chi connectivity index (χ2n) is 2.26. The van der Waals surface area contributed by atoms with Crippen LogP contribution in [-0.4, -0.2) is 28.9 Å². The molecule has 0 spiro atoms. The molecule has 1 aliphatic rings. The van der Waals surface area contributed by atoms with Crippen LogP contribution in [0.25, 0.3) is 0 Å². The van der Waals surface area contributed by atoms with E-state index in [2.05, 4.69) is 4.98 Å². The van der Waals surface area contributed by atoms with Gasteiger partial charge in [-0.25, -0.2) is 4.98 Å². The number of nitrogens with zero attached hydrogens (tertiary/aromatic N) is 2. The zero-order valence-corrected chi connectivity index (χ0v) is 7.15. The van der Waals surface area contributed by atoms with Crippen LogP contribution in [0.3, 0.4) is 0 Å². The number of hydrogen-bond acceptors (Lipinski definition) is 3. The van der Waals surface area contributed by atoms with Crippen molar-refractivity contribution in [3.05, 3.63) is 15.5 Å². The molecule has 1 fully saturated rings. The van der Waals surface area contributed by atoms with Crippen molar-refractivity contribution in [1.29, 1.82) is 0 Å². The van der Waals surface area contributed by atoms with Crippen LogP contribution in [0.5, 0.6) is 0 Å². The van der Waals surface area contributed by atoms with Gasteiger partial charge in [-0.15, -0.1) is 11.3 Å². The second-order valence-corrected chi connectivity index (χ2v) is 3.48. The summed E-state index contributed by atoms with van der Waals surface area (Å²) >= 11 is 6.95. The molecule has 1 amide bonds. The Balaban J connectivity index is 2.27. The summed E-state index contributed by atoms with van der Waals surface area (Å²) in [6, 6.07) is 0. The minimum atomic E-state index is 0.0116. The summed E-state index contributed by atoms with van der Waals surface area (Å²) in [5.74, 6) is 0.0116. The lowest BCUT2D eigenvalue weighted by atomic mass is 10.5. The van der Waals surface area contributed by atoms with Crippen molar-refractivity contribution in [1.82, 2.24) is 9.88 Å². The molecule has 1 aromatic heterocycles. The summed E-state index contributed by atoms with van der Waals surface area (Å²) in [6.45, 7) is 1.71. The Hall–Kier alpha value is -0.610. The molecule has 11 heavy (non-hydrogen) atoms. The highest BCUT2D eigenvalue weighted by molar-refractivity contribution is 7.12. The molecule has 0 saturated carbocycles. The average Bonchev–Trinajstić information content (AvgIpc) is 2.74. The Morgan fingerprint density at radius 1 is 1.73 bits per heavy atom. The van der Waals surface area contributed by atoms with Gasteiger partial charge >= 0.3 is 0 Å². The molecule has 1 aromatic rings. The fraction of sp³-hybridized carbons (Fsp3) is 0.333. The topological polar surface area (TPSA) is 33.0 Å². The third-order valence-electron chi connectivity index (χ3n) is 1.45. The molecular formula is C6H5ClN2OS. The zero-order valence-electron chi connectivity index (χ0n) is 5.58. The van der Waals surface area contributed by atoms with Crippen LogP contribution in [0.2, 0.25) is 5.15 Å². The molecule has 0 N–H and O–H groups in total. The third kappa shape index (κ3) is 1.23. The lowest BCUT2D eigenvalue weighted by Gasteiger charge is -1.95. The van der Waals surface area contributed by atoms with Crippen LogP contribution in [0.1, 0.15) is 9.67 Å². The summed E-state index contributed by atoms with van der Waals surface area (Å²) in [4.78, 5) is 17.4. The minimum absolute atomic E-state index is 0.0116. The summed E-state index contributed by atoms with van der Waals surface area (Å²) < 4.78 is 0. The molecule has 0 aliphatic carbocycles. The van der Waals surface area contributed by atoms with Gasteiger partial charge in [0.05, 0.1) is 5.51 Å². The van der Waals surface area contributed by atoms with E-state index >= 15 is 0 Å². The first-order chi connectivity index (χ1) is 5.29. The maximum Gasteiger partial charge on any atom is 0.267 e. The van der Waals surface area contributed by atoms with E-state index in [9.17, 15) is 4.79 Å². The van der Waals surface area contributed by atoms with Gasteiger partial charge in [0.25, 0.3) is 5.91 Å². The van der Waals surface area contributed by atoms with Crippen molar-refractivity contribution in [2.75, 3.05) is 13.1 Å². The molecule has 1 saturated heterocycles. The molecule has 0 atom stereocenters. The van der Waals surface area contributed by atoms with Gasteiger partial charge in [0.1, 0.15) is 4.88 Å². The number of hydrogen-bond donors (Lipinski definition) is 0. The van der Waals surface area contributed by atoms with Crippen molar-refractivity contribution >= 4 is 28.8 Å². The predicted molar refractivity (Wildman–Crippen MR) is 43.0 cm³/mol. The molecule has 0 aromatic carbocycles. The van der Waals surface area contributed by atoms with E-state index in [0.717, 1.165) is 13.1 Å². The maximum atomic E-state index is 11.3. The first-order valence-electron chi connectivity index (χ1n) is 3.17. The predicted octanol–water partition coefficient (Wildman–Crippen LogP) is 1.25. The highest BCUT2D eigenvalue weighted by Gasteiger charge is 2.27. The summed E-state index contributed by atoms with van der Waals surface area (Å²) in [6.07, 6.45) is 0. The SMILES string of the molecule is O=C(c1scnc1Cl)N1CC1. The molecule has 0 radical (unpaired) electrons. The molecule has 3 nitrogen and oxygen atoms in total. The third-order valence-corrected chi connectivity index (χ3v) is 2.67. The van der Waals surface area contributed by atoms with Crippen molar-refractivity contribution < 1.29 is 4.79 Å². The Morgan fingerprint density at radius 3 is 2.91 bits per heavy atom. The van der Waals surface area contributed by atoms with E-state index in [1.165, 1.54) is 11.3 Å².